The fourth-order valence-electron chi connectivity index (χ4n) is 3.46. The number of likely N-dealkylation sites (N-methyl/N-ethyl adjacent to an activating group) is 1. The average Bonchev–Trinajstić information content (AvgIpc) is 2.49. The van der Waals surface area contributed by atoms with Gasteiger partial charge in [0.05, 0.1) is 37.7 Å². The van der Waals surface area contributed by atoms with Gasteiger partial charge >= 0.3 is 5.97 Å². The molecule has 3 unspecified atom stereocenters. The number of aliphatic carboxylic acids is 1. The molecule has 1 aliphatic carbocycles. The largest absolute Gasteiger partial charge is 0.478 e. The molecule has 0 spiro atoms. The van der Waals surface area contributed by atoms with Crippen LogP contribution in [-0.4, -0.2) is 54.1 Å². The van der Waals surface area contributed by atoms with Gasteiger partial charge < -0.3 is 15.3 Å². The topological polar surface area (TPSA) is 80.4 Å². The van der Waals surface area contributed by atoms with Gasteiger partial charge in [0.1, 0.15) is 6.54 Å². The quantitative estimate of drug-likeness (QED) is 0.529. The molecule has 0 aliphatic heterocycles. The molecule has 0 bridgehead atoms. The van der Waals surface area contributed by atoms with E-state index in [-0.39, 0.29) is 11.7 Å². The number of hydrogen-bond acceptors (Lipinski definition) is 3. The van der Waals surface area contributed by atoms with Crippen LogP contribution < -0.4 is 5.73 Å². The minimum atomic E-state index is -0.965. The number of hydrogen-bond donors (Lipinski definition) is 2. The lowest BCUT2D eigenvalue weighted by Gasteiger charge is -2.41. The highest BCUT2D eigenvalue weighted by molar-refractivity contribution is 6.03. The van der Waals surface area contributed by atoms with Gasteiger partial charge in [0.2, 0.25) is 0 Å². The Morgan fingerprint density at radius 3 is 2.27 bits per heavy atom. The fourth-order valence-corrected chi connectivity index (χ4v) is 3.46. The summed E-state index contributed by atoms with van der Waals surface area (Å²) in [7, 11) is 2.15. The third-order valence-electron chi connectivity index (χ3n) is 5.18. The van der Waals surface area contributed by atoms with Gasteiger partial charge in [-0.3, -0.25) is 4.79 Å². The van der Waals surface area contributed by atoms with E-state index in [1.807, 2.05) is 13.8 Å². The Morgan fingerprint density at radius 1 is 1.32 bits per heavy atom. The minimum Gasteiger partial charge on any atom is -0.478 e. The summed E-state index contributed by atoms with van der Waals surface area (Å²) >= 11 is 0. The van der Waals surface area contributed by atoms with E-state index in [0.717, 1.165) is 29.6 Å². The Hall–Kier alpha value is -1.20. The lowest BCUT2D eigenvalue weighted by molar-refractivity contribution is -0.903. The normalized spacial score (nSPS) is 28.6. The van der Waals surface area contributed by atoms with Gasteiger partial charge in [0, 0.05) is 0 Å². The Bertz CT molecular complexity index is 473. The zero-order valence-corrected chi connectivity index (χ0v) is 14.6. The van der Waals surface area contributed by atoms with E-state index < -0.39 is 17.9 Å². The minimum absolute atomic E-state index is 0.0910. The third kappa shape index (κ3) is 3.58. The van der Waals surface area contributed by atoms with Crippen LogP contribution in [-0.2, 0) is 9.59 Å². The molecule has 0 aromatic carbocycles. The molecule has 1 aliphatic rings. The summed E-state index contributed by atoms with van der Waals surface area (Å²) in [6.07, 6.45) is 1.71. The number of ketones is 1. The van der Waals surface area contributed by atoms with Crippen molar-refractivity contribution < 1.29 is 19.2 Å². The molecule has 0 heterocycles. The first kappa shape index (κ1) is 18.8. The summed E-state index contributed by atoms with van der Waals surface area (Å²) in [6.45, 7) is 10.7. The number of nitrogens with two attached hydrogens (primary N) is 1. The molecule has 5 nitrogen and oxygen atoms in total. The molecule has 126 valence electrons. The van der Waals surface area contributed by atoms with E-state index in [4.69, 9.17) is 5.73 Å². The van der Waals surface area contributed by atoms with Crippen molar-refractivity contribution in [1.82, 2.24) is 0 Å². The van der Waals surface area contributed by atoms with E-state index in [0.29, 0.717) is 18.5 Å². The van der Waals surface area contributed by atoms with Crippen LogP contribution in [0.3, 0.4) is 0 Å². The molecule has 5 heteroatoms. The molecule has 0 radical (unpaired) electrons. The van der Waals surface area contributed by atoms with Crippen molar-refractivity contribution in [2.75, 3.05) is 26.7 Å². The summed E-state index contributed by atoms with van der Waals surface area (Å²) in [5.41, 5.74) is 6.96. The smallest absolute Gasteiger partial charge is 0.332 e. The first-order chi connectivity index (χ1) is 10.2. The summed E-state index contributed by atoms with van der Waals surface area (Å²) < 4.78 is 0.803. The number of carbonyl (C=O) groups excluding carboxylic acids is 1. The van der Waals surface area contributed by atoms with Crippen molar-refractivity contribution in [3.63, 3.8) is 0 Å². The summed E-state index contributed by atoms with van der Waals surface area (Å²) in [6, 6.07) is -0.514. The van der Waals surface area contributed by atoms with Gasteiger partial charge in [-0.1, -0.05) is 20.8 Å². The number of carbonyl (C=O) groups is 2. The first-order valence-corrected chi connectivity index (χ1v) is 8.30. The Kier molecular flexibility index (Phi) is 6.32. The van der Waals surface area contributed by atoms with Crippen molar-refractivity contribution in [3.05, 3.63) is 11.1 Å². The van der Waals surface area contributed by atoms with Gasteiger partial charge in [-0.2, -0.15) is 0 Å². The zero-order valence-electron chi connectivity index (χ0n) is 14.6. The molecule has 0 saturated heterocycles. The van der Waals surface area contributed by atoms with E-state index in [9.17, 15) is 14.7 Å². The Labute approximate surface area is 133 Å². The van der Waals surface area contributed by atoms with Crippen molar-refractivity contribution in [3.8, 4) is 0 Å². The van der Waals surface area contributed by atoms with Crippen molar-refractivity contribution in [1.29, 1.82) is 0 Å². The maximum atomic E-state index is 12.1. The lowest BCUT2D eigenvalue weighted by atomic mass is 9.65. The summed E-state index contributed by atoms with van der Waals surface area (Å²) in [5, 5.41) is 9.67. The highest BCUT2D eigenvalue weighted by Gasteiger charge is 2.49. The molecule has 0 amide bonds. The number of carboxylic acid groups (broad SMARTS) is 1. The Balaban J connectivity index is 3.19. The average molecular weight is 311 g/mol. The van der Waals surface area contributed by atoms with Gasteiger partial charge in [0.15, 0.2) is 5.78 Å². The molecule has 3 N–H and O–H groups in total. The second-order valence-corrected chi connectivity index (χ2v) is 6.76. The van der Waals surface area contributed by atoms with Crippen LogP contribution in [0.15, 0.2) is 11.1 Å². The molecular formula is C17H31N2O3+. The van der Waals surface area contributed by atoms with Crippen LogP contribution in [0.2, 0.25) is 0 Å². The molecule has 0 aromatic rings. The molecule has 4 atom stereocenters. The predicted octanol–water partition coefficient (Wildman–Crippen LogP) is 1.82. The highest BCUT2D eigenvalue weighted by Crippen LogP contribution is 2.37. The van der Waals surface area contributed by atoms with Gasteiger partial charge in [-0.25, -0.2) is 4.79 Å². The number of nitrogens with zero attached hydrogens (tertiary/aromatic N) is 1. The zero-order chi connectivity index (χ0) is 17.1. The molecular weight excluding hydrogens is 280 g/mol. The number of carboxylic acids is 1. The maximum absolute atomic E-state index is 12.1. The third-order valence-corrected chi connectivity index (χ3v) is 5.18. The molecule has 0 aromatic heterocycles. The van der Waals surface area contributed by atoms with Gasteiger partial charge in [-0.05, 0) is 31.3 Å². The molecule has 1 saturated carbocycles. The lowest BCUT2D eigenvalue weighted by Crippen LogP contribution is -2.58. The second kappa shape index (κ2) is 7.38. The highest BCUT2D eigenvalue weighted by atomic mass is 16.4. The number of Topliss-reactive ketones (excluding diaryl/α,β-unsaturated/α-hetero) is 1. The maximum Gasteiger partial charge on any atom is 0.332 e. The predicted molar refractivity (Wildman–Crippen MR) is 87.3 cm³/mol. The Morgan fingerprint density at radius 2 is 1.91 bits per heavy atom. The SMILES string of the molecule is CCC[N+](C)(CC)C/C(CC)=C(\C(=O)O)C1C(=O)[C@@H](N)C1C. The van der Waals surface area contributed by atoms with Gasteiger partial charge in [0.25, 0.3) is 0 Å². The van der Waals surface area contributed by atoms with Crippen molar-refractivity contribution >= 4 is 11.8 Å². The first-order valence-electron chi connectivity index (χ1n) is 8.30. The van der Waals surface area contributed by atoms with Crippen LogP contribution in [0.4, 0.5) is 0 Å². The second-order valence-electron chi connectivity index (χ2n) is 6.76. The molecule has 22 heavy (non-hydrogen) atoms. The standard InChI is InChI=1S/C17H30N2O3/c1-6-9-19(5,8-3)10-12(7-2)14(17(21)22)13-11(4)15(18)16(13)20/h11,13,15H,6-10,18H2,1-5H3/p+1/b14-12-/t11?,13?,15-,19?/m0/s1. The van der Waals surface area contributed by atoms with Crippen LogP contribution in [0.25, 0.3) is 0 Å². The number of rotatable bonds is 8. The van der Waals surface area contributed by atoms with E-state index >= 15 is 0 Å². The van der Waals surface area contributed by atoms with Crippen molar-refractivity contribution in [2.45, 2.75) is 46.6 Å². The number of quaternary nitrogens is 1. The van der Waals surface area contributed by atoms with Crippen LogP contribution >= 0.6 is 0 Å². The molecule has 1 fully saturated rings. The van der Waals surface area contributed by atoms with E-state index in [1.165, 1.54) is 0 Å². The monoisotopic (exact) mass is 311 g/mol. The van der Waals surface area contributed by atoms with Crippen LogP contribution in [0, 0.1) is 11.8 Å². The fraction of sp³-hybridized carbons (Fsp3) is 0.765. The van der Waals surface area contributed by atoms with Gasteiger partial charge in [-0.15, -0.1) is 0 Å². The summed E-state index contributed by atoms with van der Waals surface area (Å²) in [5.74, 6) is -1.72. The van der Waals surface area contributed by atoms with Crippen molar-refractivity contribution in [2.24, 2.45) is 17.6 Å². The summed E-state index contributed by atoms with van der Waals surface area (Å²) in [4.78, 5) is 23.9. The van der Waals surface area contributed by atoms with E-state index in [2.05, 4.69) is 20.9 Å². The molecule has 1 rings (SSSR count). The van der Waals surface area contributed by atoms with E-state index in [1.54, 1.807) is 0 Å². The van der Waals surface area contributed by atoms with Crippen LogP contribution in [0.1, 0.15) is 40.5 Å². The van der Waals surface area contributed by atoms with Crippen LogP contribution in [0.5, 0.6) is 0 Å².